The molecular weight excluding hydrogens is 222 g/mol. The molecule has 1 unspecified atom stereocenters. The summed E-state index contributed by atoms with van der Waals surface area (Å²) in [6, 6.07) is 0.104. The average Bonchev–Trinajstić information content (AvgIpc) is 2.91. The fourth-order valence-electron chi connectivity index (χ4n) is 1.57. The molecule has 5 nitrogen and oxygen atoms in total. The van der Waals surface area contributed by atoms with Crippen LogP contribution < -0.4 is 5.32 Å². The van der Waals surface area contributed by atoms with Gasteiger partial charge in [0.05, 0.1) is 35.9 Å². The van der Waals surface area contributed by atoms with Gasteiger partial charge in [-0.15, -0.1) is 0 Å². The Hall–Kier alpha value is -1.27. The number of nitrogens with one attached hydrogen (secondary N) is 1. The van der Waals surface area contributed by atoms with Gasteiger partial charge in [-0.2, -0.15) is 13.8 Å². The lowest BCUT2D eigenvalue weighted by molar-refractivity contribution is 0.589. The van der Waals surface area contributed by atoms with Crippen LogP contribution in [0, 0.1) is 0 Å². The van der Waals surface area contributed by atoms with E-state index in [0.717, 1.165) is 24.2 Å². The van der Waals surface area contributed by atoms with Crippen LogP contribution in [0.25, 0.3) is 0 Å². The second-order valence-corrected chi connectivity index (χ2v) is 4.22. The summed E-state index contributed by atoms with van der Waals surface area (Å²) in [5, 5.41) is 7.64. The first kappa shape index (κ1) is 11.2. The van der Waals surface area contributed by atoms with Gasteiger partial charge in [0.15, 0.2) is 0 Å². The molecule has 2 heterocycles. The van der Waals surface area contributed by atoms with E-state index in [1.165, 1.54) is 11.7 Å². The van der Waals surface area contributed by atoms with Gasteiger partial charge in [-0.3, -0.25) is 4.68 Å². The SMILES string of the molecule is CCCNC(c1cnn(C)c1)c1cnsn1. The van der Waals surface area contributed by atoms with Crippen LogP contribution in [0.3, 0.4) is 0 Å². The van der Waals surface area contributed by atoms with E-state index in [0.29, 0.717) is 0 Å². The Kier molecular flexibility index (Phi) is 3.63. The normalized spacial score (nSPS) is 12.9. The van der Waals surface area contributed by atoms with Gasteiger partial charge in [-0.1, -0.05) is 6.92 Å². The van der Waals surface area contributed by atoms with Gasteiger partial charge in [0.2, 0.25) is 0 Å². The van der Waals surface area contributed by atoms with Crippen LogP contribution in [-0.4, -0.2) is 25.1 Å². The maximum Gasteiger partial charge on any atom is 0.0958 e. The molecule has 1 atom stereocenters. The van der Waals surface area contributed by atoms with Crippen LogP contribution >= 0.6 is 11.7 Å². The molecule has 2 aromatic rings. The predicted molar refractivity (Wildman–Crippen MR) is 63.3 cm³/mol. The van der Waals surface area contributed by atoms with Gasteiger partial charge in [0, 0.05) is 18.8 Å². The molecule has 16 heavy (non-hydrogen) atoms. The highest BCUT2D eigenvalue weighted by molar-refractivity contribution is 6.99. The van der Waals surface area contributed by atoms with E-state index >= 15 is 0 Å². The van der Waals surface area contributed by atoms with E-state index in [1.807, 2.05) is 25.6 Å². The lowest BCUT2D eigenvalue weighted by Crippen LogP contribution is -2.23. The van der Waals surface area contributed by atoms with Crippen LogP contribution in [0.1, 0.15) is 30.6 Å². The molecule has 6 heteroatoms. The largest absolute Gasteiger partial charge is 0.305 e. The van der Waals surface area contributed by atoms with E-state index < -0.39 is 0 Å². The zero-order valence-corrected chi connectivity index (χ0v) is 10.2. The second kappa shape index (κ2) is 5.18. The molecule has 1 N–H and O–H groups in total. The smallest absolute Gasteiger partial charge is 0.0958 e. The van der Waals surface area contributed by atoms with Gasteiger partial charge < -0.3 is 5.32 Å². The zero-order valence-electron chi connectivity index (χ0n) is 9.42. The van der Waals surface area contributed by atoms with Gasteiger partial charge in [0.25, 0.3) is 0 Å². The number of rotatable bonds is 5. The van der Waals surface area contributed by atoms with Crippen molar-refractivity contribution >= 4 is 11.7 Å². The quantitative estimate of drug-likeness (QED) is 0.853. The first-order valence-electron chi connectivity index (χ1n) is 5.30. The molecule has 86 valence electrons. The molecule has 0 aliphatic rings. The Bertz CT molecular complexity index is 422. The summed E-state index contributed by atoms with van der Waals surface area (Å²) in [5.41, 5.74) is 2.09. The Labute approximate surface area is 98.8 Å². The second-order valence-electron chi connectivity index (χ2n) is 3.67. The fraction of sp³-hybridized carbons (Fsp3) is 0.500. The number of aryl methyl sites for hydroxylation is 1. The highest BCUT2D eigenvalue weighted by atomic mass is 32.1. The number of aromatic nitrogens is 4. The van der Waals surface area contributed by atoms with Crippen LogP contribution in [-0.2, 0) is 7.05 Å². The molecular formula is C10H15N5S. The van der Waals surface area contributed by atoms with Crippen molar-refractivity contribution in [2.24, 2.45) is 7.05 Å². The minimum atomic E-state index is 0.104. The van der Waals surface area contributed by atoms with Gasteiger partial charge in [-0.05, 0) is 13.0 Å². The summed E-state index contributed by atoms with van der Waals surface area (Å²) in [4.78, 5) is 0. The maximum atomic E-state index is 4.29. The molecule has 0 bridgehead atoms. The minimum absolute atomic E-state index is 0.104. The molecule has 2 rings (SSSR count). The first-order chi connectivity index (χ1) is 7.81. The molecule has 0 saturated heterocycles. The molecule has 0 spiro atoms. The Morgan fingerprint density at radius 3 is 2.94 bits per heavy atom. The van der Waals surface area contributed by atoms with Crippen LogP contribution in [0.2, 0.25) is 0 Å². The van der Waals surface area contributed by atoms with E-state index in [1.54, 1.807) is 4.68 Å². The highest BCUT2D eigenvalue weighted by Gasteiger charge is 2.17. The molecule has 0 aromatic carbocycles. The third-order valence-corrected chi connectivity index (χ3v) is 2.82. The van der Waals surface area contributed by atoms with Crippen molar-refractivity contribution in [3.63, 3.8) is 0 Å². The average molecular weight is 237 g/mol. The van der Waals surface area contributed by atoms with Crippen LogP contribution in [0.5, 0.6) is 0 Å². The van der Waals surface area contributed by atoms with Crippen LogP contribution in [0.4, 0.5) is 0 Å². The topological polar surface area (TPSA) is 55.6 Å². The van der Waals surface area contributed by atoms with E-state index in [2.05, 4.69) is 26.1 Å². The molecule has 0 aliphatic carbocycles. The summed E-state index contributed by atoms with van der Waals surface area (Å²) < 4.78 is 10.1. The highest BCUT2D eigenvalue weighted by Crippen LogP contribution is 2.19. The van der Waals surface area contributed by atoms with E-state index in [4.69, 9.17) is 0 Å². The fourth-order valence-corrected chi connectivity index (χ4v) is 2.02. The minimum Gasteiger partial charge on any atom is -0.305 e. The standard InChI is InChI=1S/C10H15N5S/c1-3-4-11-10(9-6-13-16-14-9)8-5-12-15(2)7-8/h5-7,10-11H,3-4H2,1-2H3. The summed E-state index contributed by atoms with van der Waals surface area (Å²) >= 11 is 1.24. The lowest BCUT2D eigenvalue weighted by atomic mass is 10.1. The monoisotopic (exact) mass is 237 g/mol. The molecule has 0 saturated carbocycles. The third kappa shape index (κ3) is 2.45. The van der Waals surface area contributed by atoms with E-state index in [-0.39, 0.29) is 6.04 Å². The third-order valence-electron chi connectivity index (χ3n) is 2.33. The number of nitrogens with zero attached hydrogens (tertiary/aromatic N) is 4. The molecule has 0 radical (unpaired) electrons. The summed E-state index contributed by atoms with van der Waals surface area (Å²) in [7, 11) is 1.92. The Morgan fingerprint density at radius 2 is 2.38 bits per heavy atom. The van der Waals surface area contributed by atoms with Crippen molar-refractivity contribution in [3.05, 3.63) is 29.8 Å². The van der Waals surface area contributed by atoms with Crippen molar-refractivity contribution < 1.29 is 0 Å². The number of hydrogen-bond acceptors (Lipinski definition) is 5. The van der Waals surface area contributed by atoms with Crippen molar-refractivity contribution in [1.29, 1.82) is 0 Å². The zero-order chi connectivity index (χ0) is 11.4. The summed E-state index contributed by atoms with van der Waals surface area (Å²) in [5.74, 6) is 0. The Balaban J connectivity index is 2.21. The summed E-state index contributed by atoms with van der Waals surface area (Å²) in [6.45, 7) is 3.10. The summed E-state index contributed by atoms with van der Waals surface area (Å²) in [6.07, 6.45) is 6.78. The number of hydrogen-bond donors (Lipinski definition) is 1. The predicted octanol–water partition coefficient (Wildman–Crippen LogP) is 1.36. The van der Waals surface area contributed by atoms with Gasteiger partial charge in [-0.25, -0.2) is 0 Å². The van der Waals surface area contributed by atoms with Crippen molar-refractivity contribution in [2.45, 2.75) is 19.4 Å². The first-order valence-corrected chi connectivity index (χ1v) is 6.03. The maximum absolute atomic E-state index is 4.29. The van der Waals surface area contributed by atoms with Crippen molar-refractivity contribution in [2.75, 3.05) is 6.54 Å². The lowest BCUT2D eigenvalue weighted by Gasteiger charge is -2.13. The van der Waals surface area contributed by atoms with Gasteiger partial charge >= 0.3 is 0 Å². The van der Waals surface area contributed by atoms with Gasteiger partial charge in [0.1, 0.15) is 0 Å². The van der Waals surface area contributed by atoms with Crippen molar-refractivity contribution in [1.82, 2.24) is 23.8 Å². The van der Waals surface area contributed by atoms with E-state index in [9.17, 15) is 0 Å². The molecule has 0 fully saturated rings. The molecule has 0 amide bonds. The van der Waals surface area contributed by atoms with Crippen LogP contribution in [0.15, 0.2) is 18.6 Å². The van der Waals surface area contributed by atoms with Crippen molar-refractivity contribution in [3.8, 4) is 0 Å². The molecule has 2 aromatic heterocycles. The Morgan fingerprint density at radius 1 is 1.50 bits per heavy atom. The molecule has 0 aliphatic heterocycles.